The predicted octanol–water partition coefficient (Wildman–Crippen LogP) is 4.12. The van der Waals surface area contributed by atoms with Crippen LogP contribution in [0.1, 0.15) is 19.3 Å². The number of nitrogens with zero attached hydrogens (tertiary/aromatic N) is 1. The molecule has 0 unspecified atom stereocenters. The molecule has 0 aliphatic carbocycles. The average molecular weight is 215 g/mol. The van der Waals surface area contributed by atoms with Crippen molar-refractivity contribution in [2.45, 2.75) is 25.4 Å². The van der Waals surface area contributed by atoms with E-state index < -0.39 is 12.6 Å². The van der Waals surface area contributed by atoms with Crippen molar-refractivity contribution >= 4 is 11.9 Å². The van der Waals surface area contributed by atoms with Crippen molar-refractivity contribution in [3.05, 3.63) is 30.3 Å². The second kappa shape index (κ2) is 5.53. The number of hydrogen-bond donors (Lipinski definition) is 0. The van der Waals surface area contributed by atoms with Gasteiger partial charge < -0.3 is 0 Å². The zero-order valence-corrected chi connectivity index (χ0v) is 8.17. The lowest BCUT2D eigenvalue weighted by Gasteiger charge is -2.02. The lowest BCUT2D eigenvalue weighted by atomic mass is 10.2. The molecule has 0 heterocycles. The normalized spacial score (nSPS) is 12.2. The van der Waals surface area contributed by atoms with Crippen molar-refractivity contribution in [3.8, 4) is 0 Å². The van der Waals surface area contributed by atoms with Gasteiger partial charge in [0.25, 0.3) is 0 Å². The first-order valence-electron chi connectivity index (χ1n) is 4.72. The second-order valence-corrected chi connectivity index (χ2v) is 3.15. The monoisotopic (exact) mass is 215 g/mol. The lowest BCUT2D eigenvalue weighted by Crippen LogP contribution is -2.06. The molecule has 0 atom stereocenters. The maximum absolute atomic E-state index is 11.8. The smallest absolute Gasteiger partial charge is 0.261 e. The molecule has 15 heavy (non-hydrogen) atoms. The van der Waals surface area contributed by atoms with E-state index in [9.17, 15) is 13.2 Å². The van der Waals surface area contributed by atoms with Crippen molar-refractivity contribution in [2.75, 3.05) is 0 Å². The Kier molecular flexibility index (Phi) is 4.34. The van der Waals surface area contributed by atoms with E-state index in [1.54, 1.807) is 12.1 Å². The fourth-order valence-electron chi connectivity index (χ4n) is 1.08. The molecular weight excluding hydrogens is 203 g/mol. The Balaban J connectivity index is 2.24. The molecule has 1 aromatic carbocycles. The Morgan fingerprint density at radius 3 is 2.40 bits per heavy atom. The Morgan fingerprint density at radius 1 is 1.13 bits per heavy atom. The van der Waals surface area contributed by atoms with Gasteiger partial charge in [-0.3, -0.25) is 4.99 Å². The number of benzene rings is 1. The highest BCUT2D eigenvalue weighted by atomic mass is 19.4. The van der Waals surface area contributed by atoms with Crippen molar-refractivity contribution in [3.63, 3.8) is 0 Å². The third kappa shape index (κ3) is 5.88. The van der Waals surface area contributed by atoms with Crippen LogP contribution in [-0.4, -0.2) is 12.4 Å². The third-order valence-electron chi connectivity index (χ3n) is 1.79. The molecule has 0 aromatic heterocycles. The summed E-state index contributed by atoms with van der Waals surface area (Å²) in [6.07, 6.45) is -2.82. The van der Waals surface area contributed by atoms with Gasteiger partial charge in [0, 0.05) is 12.6 Å². The second-order valence-electron chi connectivity index (χ2n) is 3.15. The van der Waals surface area contributed by atoms with Crippen LogP contribution >= 0.6 is 0 Å². The number of rotatable bonds is 4. The Labute approximate surface area is 86.6 Å². The van der Waals surface area contributed by atoms with Crippen LogP contribution < -0.4 is 0 Å². The van der Waals surface area contributed by atoms with Crippen LogP contribution in [0, 0.1) is 0 Å². The van der Waals surface area contributed by atoms with Crippen molar-refractivity contribution < 1.29 is 13.2 Å². The quantitative estimate of drug-likeness (QED) is 0.529. The van der Waals surface area contributed by atoms with Gasteiger partial charge in [-0.2, -0.15) is 13.2 Å². The molecule has 0 amide bonds. The lowest BCUT2D eigenvalue weighted by molar-refractivity contribution is -0.135. The Bertz CT molecular complexity index is 303. The molecule has 0 spiro atoms. The highest BCUT2D eigenvalue weighted by molar-refractivity contribution is 5.62. The van der Waals surface area contributed by atoms with Gasteiger partial charge in [0.05, 0.1) is 5.69 Å². The number of hydrogen-bond acceptors (Lipinski definition) is 1. The van der Waals surface area contributed by atoms with E-state index in [4.69, 9.17) is 0 Å². The number of alkyl halides is 3. The van der Waals surface area contributed by atoms with Gasteiger partial charge in [-0.05, 0) is 25.0 Å². The molecule has 1 aromatic rings. The van der Waals surface area contributed by atoms with E-state index in [-0.39, 0.29) is 6.42 Å². The minimum atomic E-state index is -4.05. The van der Waals surface area contributed by atoms with Crippen LogP contribution in [0.4, 0.5) is 18.9 Å². The first kappa shape index (κ1) is 11.8. The minimum Gasteiger partial charge on any atom is -0.261 e. The van der Waals surface area contributed by atoms with E-state index in [2.05, 4.69) is 4.99 Å². The van der Waals surface area contributed by atoms with Crippen LogP contribution in [0.3, 0.4) is 0 Å². The fourth-order valence-corrected chi connectivity index (χ4v) is 1.08. The summed E-state index contributed by atoms with van der Waals surface area (Å²) in [5, 5.41) is 0. The summed E-state index contributed by atoms with van der Waals surface area (Å²) in [6, 6.07) is 9.15. The molecule has 0 aliphatic rings. The largest absolute Gasteiger partial charge is 0.389 e. The summed E-state index contributed by atoms with van der Waals surface area (Å²) < 4.78 is 35.3. The molecule has 0 aliphatic heterocycles. The molecule has 0 saturated heterocycles. The number of para-hydroxylation sites is 1. The zero-order valence-electron chi connectivity index (χ0n) is 8.17. The van der Waals surface area contributed by atoms with Crippen molar-refractivity contribution in [2.24, 2.45) is 4.99 Å². The third-order valence-corrected chi connectivity index (χ3v) is 1.79. The van der Waals surface area contributed by atoms with Gasteiger partial charge in [-0.15, -0.1) is 0 Å². The van der Waals surface area contributed by atoms with Crippen molar-refractivity contribution in [1.82, 2.24) is 0 Å². The molecule has 4 heteroatoms. The molecule has 0 N–H and O–H groups in total. The standard InChI is InChI=1S/C11H12F3N/c12-11(13,14)8-4-5-9-15-10-6-2-1-3-7-10/h1-3,6-7,9H,4-5,8H2. The topological polar surface area (TPSA) is 12.4 Å². The minimum absolute atomic E-state index is 0.0971. The summed E-state index contributed by atoms with van der Waals surface area (Å²) in [5.41, 5.74) is 0.768. The summed E-state index contributed by atoms with van der Waals surface area (Å²) in [5.74, 6) is 0. The van der Waals surface area contributed by atoms with Gasteiger partial charge in [-0.25, -0.2) is 0 Å². The van der Waals surface area contributed by atoms with Crippen LogP contribution in [0.2, 0.25) is 0 Å². The molecule has 0 radical (unpaired) electrons. The number of aliphatic imine (C=N–C) groups is 1. The van der Waals surface area contributed by atoms with Gasteiger partial charge in [-0.1, -0.05) is 18.2 Å². The van der Waals surface area contributed by atoms with E-state index in [1.807, 2.05) is 18.2 Å². The molecule has 0 saturated carbocycles. The van der Waals surface area contributed by atoms with E-state index in [1.165, 1.54) is 6.21 Å². The highest BCUT2D eigenvalue weighted by Gasteiger charge is 2.25. The Hall–Kier alpha value is -1.32. The molecular formula is C11H12F3N. The maximum atomic E-state index is 11.8. The van der Waals surface area contributed by atoms with Gasteiger partial charge >= 0.3 is 6.18 Å². The first-order chi connectivity index (χ1) is 7.08. The predicted molar refractivity (Wildman–Crippen MR) is 54.5 cm³/mol. The number of halogens is 3. The molecule has 1 rings (SSSR count). The zero-order chi connectivity index (χ0) is 11.1. The molecule has 1 nitrogen and oxygen atoms in total. The first-order valence-corrected chi connectivity index (χ1v) is 4.72. The summed E-state index contributed by atoms with van der Waals surface area (Å²) >= 11 is 0. The van der Waals surface area contributed by atoms with E-state index in [0.29, 0.717) is 6.42 Å². The molecule has 82 valence electrons. The highest BCUT2D eigenvalue weighted by Crippen LogP contribution is 2.21. The average Bonchev–Trinajstić information content (AvgIpc) is 2.17. The van der Waals surface area contributed by atoms with Crippen LogP contribution in [0.5, 0.6) is 0 Å². The van der Waals surface area contributed by atoms with E-state index in [0.717, 1.165) is 5.69 Å². The number of unbranched alkanes of at least 4 members (excludes halogenated alkanes) is 1. The maximum Gasteiger partial charge on any atom is 0.389 e. The SMILES string of the molecule is FC(F)(F)CCCC=Nc1ccccc1. The van der Waals surface area contributed by atoms with Crippen LogP contribution in [-0.2, 0) is 0 Å². The summed E-state index contributed by atoms with van der Waals surface area (Å²) in [6.45, 7) is 0. The summed E-state index contributed by atoms with van der Waals surface area (Å²) in [7, 11) is 0. The van der Waals surface area contributed by atoms with E-state index >= 15 is 0 Å². The van der Waals surface area contributed by atoms with Gasteiger partial charge in [0.2, 0.25) is 0 Å². The molecule has 0 fully saturated rings. The van der Waals surface area contributed by atoms with Gasteiger partial charge in [0.15, 0.2) is 0 Å². The fraction of sp³-hybridized carbons (Fsp3) is 0.364. The summed E-state index contributed by atoms with van der Waals surface area (Å²) in [4.78, 5) is 4.03. The Morgan fingerprint density at radius 2 is 1.80 bits per heavy atom. The van der Waals surface area contributed by atoms with Gasteiger partial charge in [0.1, 0.15) is 0 Å². The van der Waals surface area contributed by atoms with Crippen LogP contribution in [0.25, 0.3) is 0 Å². The van der Waals surface area contributed by atoms with Crippen LogP contribution in [0.15, 0.2) is 35.3 Å². The molecule has 0 bridgehead atoms. The van der Waals surface area contributed by atoms with Crippen molar-refractivity contribution in [1.29, 1.82) is 0 Å².